The van der Waals surface area contributed by atoms with Crippen LogP contribution in [0, 0.1) is 0 Å². The van der Waals surface area contributed by atoms with Gasteiger partial charge in [-0.2, -0.15) is 4.31 Å². The Morgan fingerprint density at radius 1 is 0.742 bits per heavy atom. The Labute approximate surface area is 191 Å². The molecule has 1 heterocycles. The van der Waals surface area contributed by atoms with Crippen LogP contribution in [0.15, 0.2) is 76.5 Å². The Hall–Kier alpha value is -2.10. The van der Waals surface area contributed by atoms with Crippen molar-refractivity contribution in [1.82, 2.24) is 4.31 Å². The minimum atomic E-state index is -3.80. The van der Waals surface area contributed by atoms with Crippen LogP contribution in [-0.4, -0.2) is 27.7 Å². The van der Waals surface area contributed by atoms with Gasteiger partial charge in [-0.15, -0.1) is 0 Å². The first-order valence-corrected chi connectivity index (χ1v) is 13.0. The molecule has 0 atom stereocenters. The zero-order valence-corrected chi connectivity index (χ0v) is 19.3. The normalized spacial score (nSPS) is 14.8. The van der Waals surface area contributed by atoms with Gasteiger partial charge in [-0.1, -0.05) is 29.3 Å². The molecular weight excluding hydrogens is 479 g/mol. The van der Waals surface area contributed by atoms with Crippen LogP contribution in [0.3, 0.4) is 0 Å². The van der Waals surface area contributed by atoms with Gasteiger partial charge in [0, 0.05) is 28.8 Å². The van der Waals surface area contributed by atoms with Gasteiger partial charge >= 0.3 is 0 Å². The van der Waals surface area contributed by atoms with Crippen molar-refractivity contribution in [3.05, 3.63) is 87.9 Å². The molecule has 0 fully saturated rings. The Morgan fingerprint density at radius 3 is 1.94 bits per heavy atom. The van der Waals surface area contributed by atoms with Crippen molar-refractivity contribution in [2.24, 2.45) is 0 Å². The van der Waals surface area contributed by atoms with Crippen LogP contribution in [0.4, 0.5) is 5.69 Å². The second-order valence-electron chi connectivity index (χ2n) is 7.09. The molecule has 0 radical (unpaired) electrons. The molecule has 10 heteroatoms. The number of rotatable bonds is 5. The van der Waals surface area contributed by atoms with Gasteiger partial charge in [0.15, 0.2) is 0 Å². The number of nitrogens with one attached hydrogen (secondary N) is 1. The summed E-state index contributed by atoms with van der Waals surface area (Å²) in [6.45, 7) is 0.491. The highest BCUT2D eigenvalue weighted by atomic mass is 35.5. The maximum atomic E-state index is 13.0. The predicted molar refractivity (Wildman–Crippen MR) is 121 cm³/mol. The number of benzene rings is 3. The van der Waals surface area contributed by atoms with Gasteiger partial charge in [0.05, 0.1) is 9.79 Å². The van der Waals surface area contributed by atoms with Gasteiger partial charge in [0.25, 0.3) is 10.0 Å². The zero-order chi connectivity index (χ0) is 22.2. The van der Waals surface area contributed by atoms with E-state index in [2.05, 4.69) is 4.72 Å². The average Bonchev–Trinajstić information content (AvgIpc) is 2.73. The Morgan fingerprint density at radius 2 is 1.32 bits per heavy atom. The number of halogens is 2. The summed E-state index contributed by atoms with van der Waals surface area (Å²) >= 11 is 11.7. The number of fused-ring (bicyclic) bond motifs is 1. The van der Waals surface area contributed by atoms with E-state index in [0.717, 1.165) is 11.1 Å². The molecular formula is C21H18Cl2N2O4S2. The molecule has 1 aliphatic heterocycles. The molecule has 0 aliphatic carbocycles. The third kappa shape index (κ3) is 4.73. The lowest BCUT2D eigenvalue weighted by atomic mass is 10.0. The third-order valence-corrected chi connectivity index (χ3v) is 8.77. The van der Waals surface area contributed by atoms with Crippen molar-refractivity contribution in [2.45, 2.75) is 22.8 Å². The molecule has 0 saturated carbocycles. The van der Waals surface area contributed by atoms with E-state index < -0.39 is 20.0 Å². The largest absolute Gasteiger partial charge is 0.280 e. The summed E-state index contributed by atoms with van der Waals surface area (Å²) < 4.78 is 55.2. The fourth-order valence-electron chi connectivity index (χ4n) is 3.38. The van der Waals surface area contributed by atoms with E-state index in [0.29, 0.717) is 28.7 Å². The van der Waals surface area contributed by atoms with E-state index in [-0.39, 0.29) is 16.3 Å². The minimum Gasteiger partial charge on any atom is -0.280 e. The first kappa shape index (κ1) is 22.1. The van der Waals surface area contributed by atoms with Crippen molar-refractivity contribution in [2.75, 3.05) is 11.3 Å². The summed E-state index contributed by atoms with van der Waals surface area (Å²) in [6.07, 6.45) is 0.534. The highest BCUT2D eigenvalue weighted by molar-refractivity contribution is 7.92. The second kappa shape index (κ2) is 8.44. The monoisotopic (exact) mass is 496 g/mol. The maximum Gasteiger partial charge on any atom is 0.261 e. The molecule has 6 nitrogen and oxygen atoms in total. The molecule has 3 aromatic carbocycles. The molecule has 162 valence electrons. The van der Waals surface area contributed by atoms with E-state index in [1.54, 1.807) is 12.1 Å². The number of anilines is 1. The number of hydrogen-bond acceptors (Lipinski definition) is 4. The van der Waals surface area contributed by atoms with Gasteiger partial charge in [-0.3, -0.25) is 4.72 Å². The molecule has 31 heavy (non-hydrogen) atoms. The topological polar surface area (TPSA) is 83.6 Å². The zero-order valence-electron chi connectivity index (χ0n) is 16.1. The lowest BCUT2D eigenvalue weighted by molar-refractivity contribution is 0.391. The van der Waals surface area contributed by atoms with E-state index in [4.69, 9.17) is 23.2 Å². The fourth-order valence-corrected chi connectivity index (χ4v) is 6.10. The van der Waals surface area contributed by atoms with Crippen molar-refractivity contribution >= 4 is 48.9 Å². The SMILES string of the molecule is O=S(=O)(Nc1ccc2c(c1)CN(S(=O)(=O)c1ccc(Cl)cc1)CC2)c1ccc(Cl)cc1. The van der Waals surface area contributed by atoms with Crippen LogP contribution in [0.2, 0.25) is 10.0 Å². The van der Waals surface area contributed by atoms with Crippen LogP contribution in [0.25, 0.3) is 0 Å². The van der Waals surface area contributed by atoms with Crippen molar-refractivity contribution in [3.63, 3.8) is 0 Å². The highest BCUT2D eigenvalue weighted by Crippen LogP contribution is 2.28. The van der Waals surface area contributed by atoms with Crippen molar-refractivity contribution < 1.29 is 16.8 Å². The lowest BCUT2D eigenvalue weighted by Gasteiger charge is -2.28. The minimum absolute atomic E-state index is 0.0848. The van der Waals surface area contributed by atoms with E-state index in [9.17, 15) is 16.8 Å². The standard InChI is InChI=1S/C21H18Cl2N2O4S2/c22-17-2-7-20(8-3-17)30(26,27)24-19-6-1-15-11-12-25(14-16(15)13-19)31(28,29)21-9-4-18(23)5-10-21/h1-10,13,24H,11-12,14H2. The highest BCUT2D eigenvalue weighted by Gasteiger charge is 2.28. The van der Waals surface area contributed by atoms with Crippen LogP contribution >= 0.6 is 23.2 Å². The van der Waals surface area contributed by atoms with Gasteiger partial charge < -0.3 is 0 Å². The third-order valence-electron chi connectivity index (χ3n) is 5.01. The predicted octanol–water partition coefficient (Wildman–Crippen LogP) is 4.54. The summed E-state index contributed by atoms with van der Waals surface area (Å²) in [5.41, 5.74) is 2.09. The second-order valence-corrected chi connectivity index (χ2v) is 11.6. The molecule has 0 amide bonds. The first-order chi connectivity index (χ1) is 14.6. The van der Waals surface area contributed by atoms with E-state index in [1.807, 2.05) is 6.07 Å². The number of nitrogens with zero attached hydrogens (tertiary/aromatic N) is 1. The lowest BCUT2D eigenvalue weighted by Crippen LogP contribution is -2.36. The van der Waals surface area contributed by atoms with Gasteiger partial charge in [-0.05, 0) is 78.2 Å². The summed E-state index contributed by atoms with van der Waals surface area (Å²) in [5.74, 6) is 0. The summed E-state index contributed by atoms with van der Waals surface area (Å²) in [4.78, 5) is 0.251. The van der Waals surface area contributed by atoms with Gasteiger partial charge in [0.1, 0.15) is 0 Å². The van der Waals surface area contributed by atoms with E-state index in [1.165, 1.54) is 52.8 Å². The molecule has 0 bridgehead atoms. The van der Waals surface area contributed by atoms with Gasteiger partial charge in [0.2, 0.25) is 10.0 Å². The molecule has 0 aromatic heterocycles. The molecule has 1 N–H and O–H groups in total. The molecule has 0 unspecified atom stereocenters. The number of hydrogen-bond donors (Lipinski definition) is 1. The summed E-state index contributed by atoms with van der Waals surface area (Å²) in [7, 11) is -7.49. The first-order valence-electron chi connectivity index (χ1n) is 9.31. The summed E-state index contributed by atoms with van der Waals surface area (Å²) in [5, 5.41) is 0.898. The molecule has 1 aliphatic rings. The number of sulfonamides is 2. The Balaban J connectivity index is 1.58. The smallest absolute Gasteiger partial charge is 0.261 e. The van der Waals surface area contributed by atoms with Crippen LogP contribution in [0.5, 0.6) is 0 Å². The van der Waals surface area contributed by atoms with Crippen LogP contribution in [0.1, 0.15) is 11.1 Å². The Bertz CT molecular complexity index is 1320. The Kier molecular flexibility index (Phi) is 6.02. The van der Waals surface area contributed by atoms with Crippen molar-refractivity contribution in [3.8, 4) is 0 Å². The quantitative estimate of drug-likeness (QED) is 0.561. The fraction of sp³-hybridized carbons (Fsp3) is 0.143. The molecule has 0 spiro atoms. The maximum absolute atomic E-state index is 13.0. The van der Waals surface area contributed by atoms with E-state index >= 15 is 0 Å². The molecule has 3 aromatic rings. The average molecular weight is 497 g/mol. The summed E-state index contributed by atoms with van der Waals surface area (Å²) in [6, 6.07) is 17.0. The van der Waals surface area contributed by atoms with Crippen LogP contribution < -0.4 is 4.72 Å². The van der Waals surface area contributed by atoms with Crippen molar-refractivity contribution in [1.29, 1.82) is 0 Å². The van der Waals surface area contributed by atoms with Crippen LogP contribution in [-0.2, 0) is 33.0 Å². The van der Waals surface area contributed by atoms with Gasteiger partial charge in [-0.25, -0.2) is 16.8 Å². The molecule has 0 saturated heterocycles. The molecule has 4 rings (SSSR count).